The maximum Gasteiger partial charge on any atom is 0.243 e. The van der Waals surface area contributed by atoms with Crippen LogP contribution in [-0.2, 0) is 21.4 Å². The molecule has 21 heavy (non-hydrogen) atoms. The zero-order valence-electron chi connectivity index (χ0n) is 12.6. The van der Waals surface area contributed by atoms with Gasteiger partial charge in [-0.1, -0.05) is 12.1 Å². The minimum absolute atomic E-state index is 0.170. The van der Waals surface area contributed by atoms with Crippen molar-refractivity contribution in [2.24, 2.45) is 5.92 Å². The summed E-state index contributed by atoms with van der Waals surface area (Å²) in [5.41, 5.74) is 1.27. The van der Waals surface area contributed by atoms with Crippen molar-refractivity contribution in [3.05, 3.63) is 29.3 Å². The molecule has 0 amide bonds. The standard InChI is InChI=1S/C15H23NO4S/c1-12-3-4-14(10-17)9-15(12)21(18,19)16(2)7-8-20-11-13-5-6-13/h3-4,9,13,17H,5-8,10-11H2,1-2H3. The van der Waals surface area contributed by atoms with Gasteiger partial charge in [0.2, 0.25) is 10.0 Å². The maximum absolute atomic E-state index is 12.6. The number of aryl methyl sites for hydroxylation is 1. The molecule has 0 aromatic heterocycles. The Bertz CT molecular complexity index is 581. The van der Waals surface area contributed by atoms with Gasteiger partial charge in [-0.3, -0.25) is 0 Å². The van der Waals surface area contributed by atoms with Crippen LogP contribution in [0.4, 0.5) is 0 Å². The van der Waals surface area contributed by atoms with Crippen LogP contribution < -0.4 is 0 Å². The Kier molecular flexibility index (Phi) is 5.37. The van der Waals surface area contributed by atoms with E-state index in [0.717, 1.165) is 6.61 Å². The second kappa shape index (κ2) is 6.87. The van der Waals surface area contributed by atoms with E-state index in [0.29, 0.717) is 30.2 Å². The summed E-state index contributed by atoms with van der Waals surface area (Å²) in [6, 6.07) is 4.98. The van der Waals surface area contributed by atoms with Crippen LogP contribution in [0.3, 0.4) is 0 Å². The fourth-order valence-electron chi connectivity index (χ4n) is 2.04. The molecule has 0 unspecified atom stereocenters. The third-order valence-electron chi connectivity index (χ3n) is 3.72. The molecule has 1 aromatic rings. The number of benzene rings is 1. The molecule has 118 valence electrons. The Hall–Kier alpha value is -0.950. The van der Waals surface area contributed by atoms with Crippen molar-refractivity contribution in [2.75, 3.05) is 26.8 Å². The van der Waals surface area contributed by atoms with Gasteiger partial charge in [0.1, 0.15) is 0 Å². The highest BCUT2D eigenvalue weighted by molar-refractivity contribution is 7.89. The van der Waals surface area contributed by atoms with Crippen molar-refractivity contribution < 1.29 is 18.3 Å². The third-order valence-corrected chi connectivity index (χ3v) is 5.72. The van der Waals surface area contributed by atoms with E-state index in [4.69, 9.17) is 9.84 Å². The molecule has 1 aliphatic carbocycles. The SMILES string of the molecule is Cc1ccc(CO)cc1S(=O)(=O)N(C)CCOCC1CC1. The van der Waals surface area contributed by atoms with Gasteiger partial charge in [0.05, 0.1) is 18.1 Å². The minimum Gasteiger partial charge on any atom is -0.392 e. The summed E-state index contributed by atoms with van der Waals surface area (Å²) in [4.78, 5) is 0.249. The van der Waals surface area contributed by atoms with Crippen molar-refractivity contribution in [3.8, 4) is 0 Å². The number of sulfonamides is 1. The number of hydrogen-bond donors (Lipinski definition) is 1. The number of ether oxygens (including phenoxy) is 1. The maximum atomic E-state index is 12.6. The molecular formula is C15H23NO4S. The third kappa shape index (κ3) is 4.26. The summed E-state index contributed by atoms with van der Waals surface area (Å²) in [6.07, 6.45) is 2.45. The minimum atomic E-state index is -3.55. The molecule has 0 atom stereocenters. The Morgan fingerprint density at radius 1 is 1.38 bits per heavy atom. The zero-order valence-corrected chi connectivity index (χ0v) is 13.4. The summed E-state index contributed by atoms with van der Waals surface area (Å²) in [5.74, 6) is 0.676. The lowest BCUT2D eigenvalue weighted by molar-refractivity contribution is 0.117. The predicted molar refractivity (Wildman–Crippen MR) is 80.5 cm³/mol. The summed E-state index contributed by atoms with van der Waals surface area (Å²) in [6.45, 7) is 3.05. The van der Waals surface area contributed by atoms with Crippen LogP contribution in [0.2, 0.25) is 0 Å². The molecule has 6 heteroatoms. The Morgan fingerprint density at radius 2 is 2.10 bits per heavy atom. The summed E-state index contributed by atoms with van der Waals surface area (Å²) in [7, 11) is -1.99. The monoisotopic (exact) mass is 313 g/mol. The molecule has 1 aromatic carbocycles. The average molecular weight is 313 g/mol. The summed E-state index contributed by atoms with van der Waals surface area (Å²) >= 11 is 0. The molecule has 1 aliphatic rings. The van der Waals surface area contributed by atoms with Crippen LogP contribution in [-0.4, -0.2) is 44.6 Å². The number of nitrogens with zero attached hydrogens (tertiary/aromatic N) is 1. The van der Waals surface area contributed by atoms with Gasteiger partial charge in [0, 0.05) is 20.2 Å². The van der Waals surface area contributed by atoms with Crippen LogP contribution in [0.15, 0.2) is 23.1 Å². The van der Waals surface area contributed by atoms with Crippen LogP contribution in [0.5, 0.6) is 0 Å². The highest BCUT2D eigenvalue weighted by Gasteiger charge is 2.24. The van der Waals surface area contributed by atoms with Gasteiger partial charge in [-0.05, 0) is 42.9 Å². The molecular weight excluding hydrogens is 290 g/mol. The predicted octanol–water partition coefficient (Wildman–Crippen LogP) is 1.53. The van der Waals surface area contributed by atoms with Gasteiger partial charge in [-0.2, -0.15) is 4.31 Å². The van der Waals surface area contributed by atoms with E-state index in [1.807, 2.05) is 0 Å². The lowest BCUT2D eigenvalue weighted by atomic mass is 10.2. The fourth-order valence-corrected chi connectivity index (χ4v) is 3.46. The molecule has 1 saturated carbocycles. The van der Waals surface area contributed by atoms with E-state index in [9.17, 15) is 8.42 Å². The highest BCUT2D eigenvalue weighted by Crippen LogP contribution is 2.28. The number of rotatable bonds is 8. The average Bonchev–Trinajstić information content (AvgIpc) is 3.27. The van der Waals surface area contributed by atoms with Gasteiger partial charge in [0.25, 0.3) is 0 Å². The van der Waals surface area contributed by atoms with E-state index in [1.54, 1.807) is 26.1 Å². The van der Waals surface area contributed by atoms with Gasteiger partial charge in [0.15, 0.2) is 0 Å². The van der Waals surface area contributed by atoms with Gasteiger partial charge in [-0.15, -0.1) is 0 Å². The topological polar surface area (TPSA) is 66.8 Å². The summed E-state index contributed by atoms with van der Waals surface area (Å²) in [5, 5.41) is 9.16. The Morgan fingerprint density at radius 3 is 2.71 bits per heavy atom. The van der Waals surface area contributed by atoms with E-state index < -0.39 is 10.0 Å². The molecule has 0 aliphatic heterocycles. The van der Waals surface area contributed by atoms with Crippen LogP contribution >= 0.6 is 0 Å². The molecule has 0 spiro atoms. The number of likely N-dealkylation sites (N-methyl/N-ethyl adjacent to an activating group) is 1. The molecule has 5 nitrogen and oxygen atoms in total. The van der Waals surface area contributed by atoms with Crippen molar-refractivity contribution in [2.45, 2.75) is 31.3 Å². The normalized spacial score (nSPS) is 15.6. The van der Waals surface area contributed by atoms with Crippen LogP contribution in [0.1, 0.15) is 24.0 Å². The van der Waals surface area contributed by atoms with Gasteiger partial charge in [-0.25, -0.2) is 8.42 Å². The lowest BCUT2D eigenvalue weighted by Crippen LogP contribution is -2.31. The highest BCUT2D eigenvalue weighted by atomic mass is 32.2. The largest absolute Gasteiger partial charge is 0.392 e. The molecule has 2 rings (SSSR count). The van der Waals surface area contributed by atoms with Crippen molar-refractivity contribution in [3.63, 3.8) is 0 Å². The summed E-state index contributed by atoms with van der Waals surface area (Å²) < 4.78 is 31.9. The van der Waals surface area contributed by atoms with Gasteiger partial charge >= 0.3 is 0 Å². The lowest BCUT2D eigenvalue weighted by Gasteiger charge is -2.19. The first-order valence-corrected chi connectivity index (χ1v) is 8.63. The quantitative estimate of drug-likeness (QED) is 0.739. The number of hydrogen-bond acceptors (Lipinski definition) is 4. The molecule has 0 radical (unpaired) electrons. The number of aliphatic hydroxyl groups is 1. The Balaban J connectivity index is 2.01. The molecule has 0 saturated heterocycles. The first-order chi connectivity index (χ1) is 9.95. The molecule has 1 fully saturated rings. The first kappa shape index (κ1) is 16.4. The van der Waals surface area contributed by atoms with Crippen molar-refractivity contribution in [1.29, 1.82) is 0 Å². The van der Waals surface area contributed by atoms with Crippen LogP contribution in [0, 0.1) is 12.8 Å². The van der Waals surface area contributed by atoms with Crippen molar-refractivity contribution in [1.82, 2.24) is 4.31 Å². The second-order valence-electron chi connectivity index (χ2n) is 5.60. The van der Waals surface area contributed by atoms with Crippen LogP contribution in [0.25, 0.3) is 0 Å². The van der Waals surface area contributed by atoms with Gasteiger partial charge < -0.3 is 9.84 Å². The smallest absolute Gasteiger partial charge is 0.243 e. The molecule has 1 N–H and O–H groups in total. The number of aliphatic hydroxyl groups excluding tert-OH is 1. The first-order valence-electron chi connectivity index (χ1n) is 7.19. The Labute approximate surface area is 126 Å². The van der Waals surface area contributed by atoms with E-state index in [1.165, 1.54) is 23.2 Å². The van der Waals surface area contributed by atoms with E-state index in [-0.39, 0.29) is 11.5 Å². The molecule has 0 heterocycles. The fraction of sp³-hybridized carbons (Fsp3) is 0.600. The zero-order chi connectivity index (χ0) is 15.5. The second-order valence-corrected chi connectivity index (χ2v) is 7.62. The molecule has 0 bridgehead atoms. The van der Waals surface area contributed by atoms with E-state index >= 15 is 0 Å². The van der Waals surface area contributed by atoms with Crippen molar-refractivity contribution >= 4 is 10.0 Å². The van der Waals surface area contributed by atoms with E-state index in [2.05, 4.69) is 0 Å².